The molecule has 1 saturated carbocycles. The Morgan fingerprint density at radius 1 is 1.04 bits per heavy atom. The van der Waals surface area contributed by atoms with Crippen LogP contribution in [0.25, 0.3) is 0 Å². The predicted octanol–water partition coefficient (Wildman–Crippen LogP) is 4.64. The number of amides is 1. The maximum absolute atomic E-state index is 12.5. The lowest BCUT2D eigenvalue weighted by molar-refractivity contribution is -0.140. The first kappa shape index (κ1) is 19.9. The molecule has 1 N–H and O–H groups in total. The van der Waals surface area contributed by atoms with E-state index >= 15 is 0 Å². The van der Waals surface area contributed by atoms with Crippen LogP contribution in [-0.2, 0) is 9.53 Å². The van der Waals surface area contributed by atoms with Gasteiger partial charge >= 0.3 is 5.97 Å². The van der Waals surface area contributed by atoms with E-state index in [9.17, 15) is 9.59 Å². The van der Waals surface area contributed by atoms with E-state index in [1.165, 1.54) is 26.2 Å². The van der Waals surface area contributed by atoms with Crippen LogP contribution in [0.1, 0.15) is 49.4 Å². The monoisotopic (exact) mass is 380 g/mol. The minimum atomic E-state index is -0.257. The molecule has 28 heavy (non-hydrogen) atoms. The van der Waals surface area contributed by atoms with Gasteiger partial charge in [-0.3, -0.25) is 9.59 Å². The number of carbonyl (C=O) groups is 2. The summed E-state index contributed by atoms with van der Waals surface area (Å²) in [5.74, 6) is -0.380. The highest BCUT2D eigenvalue weighted by Gasteiger charge is 2.22. The fourth-order valence-corrected chi connectivity index (χ4v) is 3.76. The van der Waals surface area contributed by atoms with Gasteiger partial charge in [0.05, 0.1) is 6.54 Å². The van der Waals surface area contributed by atoms with Gasteiger partial charge in [0.15, 0.2) is 0 Å². The van der Waals surface area contributed by atoms with Crippen molar-refractivity contribution in [1.82, 2.24) is 0 Å². The number of carbonyl (C=O) groups excluding carboxylic acids is 2. The number of anilines is 2. The normalized spacial score (nSPS) is 14.3. The molecule has 0 aliphatic heterocycles. The fourth-order valence-electron chi connectivity index (χ4n) is 3.76. The molecular weight excluding hydrogens is 352 g/mol. The summed E-state index contributed by atoms with van der Waals surface area (Å²) < 4.78 is 5.19. The highest BCUT2D eigenvalue weighted by Crippen LogP contribution is 2.29. The zero-order valence-electron chi connectivity index (χ0n) is 16.4. The molecule has 0 aromatic heterocycles. The van der Waals surface area contributed by atoms with Gasteiger partial charge in [-0.2, -0.15) is 0 Å². The average Bonchev–Trinajstić information content (AvgIpc) is 2.72. The van der Waals surface area contributed by atoms with E-state index in [0.717, 1.165) is 24.2 Å². The van der Waals surface area contributed by atoms with Gasteiger partial charge in [0.1, 0.15) is 6.61 Å². The molecule has 0 spiro atoms. The van der Waals surface area contributed by atoms with Crippen molar-refractivity contribution in [2.75, 3.05) is 23.4 Å². The zero-order chi connectivity index (χ0) is 19.8. The number of hydrogen-bond donors (Lipinski definition) is 1. The topological polar surface area (TPSA) is 58.6 Å². The van der Waals surface area contributed by atoms with Crippen LogP contribution in [0.5, 0.6) is 0 Å². The number of esters is 1. The van der Waals surface area contributed by atoms with Crippen molar-refractivity contribution in [2.45, 2.75) is 45.1 Å². The molecule has 0 heterocycles. The van der Waals surface area contributed by atoms with E-state index in [4.69, 9.17) is 4.74 Å². The lowest BCUT2D eigenvalue weighted by Crippen LogP contribution is -2.39. The number of nitrogens with zero attached hydrogens (tertiary/aromatic N) is 1. The van der Waals surface area contributed by atoms with Crippen LogP contribution < -0.4 is 10.2 Å². The van der Waals surface area contributed by atoms with Crippen LogP contribution in [0.4, 0.5) is 11.4 Å². The summed E-state index contributed by atoms with van der Waals surface area (Å²) in [6.45, 7) is 2.46. The van der Waals surface area contributed by atoms with Crippen molar-refractivity contribution in [3.63, 3.8) is 0 Å². The van der Waals surface area contributed by atoms with Crippen LogP contribution >= 0.6 is 0 Å². The Balaban J connectivity index is 1.74. The maximum Gasteiger partial charge on any atom is 0.302 e. The van der Waals surface area contributed by atoms with E-state index in [0.29, 0.717) is 24.8 Å². The summed E-state index contributed by atoms with van der Waals surface area (Å²) in [5.41, 5.74) is 2.44. The molecule has 2 aromatic carbocycles. The molecule has 1 aliphatic carbocycles. The largest absolute Gasteiger partial charge is 0.464 e. The highest BCUT2D eigenvalue weighted by molar-refractivity contribution is 6.04. The summed E-state index contributed by atoms with van der Waals surface area (Å²) in [5, 5.41) is 2.98. The van der Waals surface area contributed by atoms with Gasteiger partial charge in [0.25, 0.3) is 5.91 Å². The number of benzene rings is 2. The Bertz CT molecular complexity index is 785. The SMILES string of the molecule is CC(=O)OCCN(c1cccc(NC(=O)c2ccccc2)c1)C1CCCCC1. The average molecular weight is 380 g/mol. The molecule has 2 aromatic rings. The van der Waals surface area contributed by atoms with Crippen molar-refractivity contribution in [3.8, 4) is 0 Å². The minimum absolute atomic E-state index is 0.123. The molecule has 3 rings (SSSR count). The minimum Gasteiger partial charge on any atom is -0.464 e. The predicted molar refractivity (Wildman–Crippen MR) is 112 cm³/mol. The quantitative estimate of drug-likeness (QED) is 0.711. The van der Waals surface area contributed by atoms with E-state index in [-0.39, 0.29) is 11.9 Å². The summed E-state index contributed by atoms with van der Waals surface area (Å²) in [6.07, 6.45) is 6.00. The van der Waals surface area contributed by atoms with Gasteiger partial charge in [-0.25, -0.2) is 0 Å². The Kier molecular flexibility index (Phi) is 7.06. The van der Waals surface area contributed by atoms with E-state index in [1.54, 1.807) is 12.1 Å². The number of nitrogens with one attached hydrogen (secondary N) is 1. The van der Waals surface area contributed by atoms with Crippen LogP contribution in [-0.4, -0.2) is 31.1 Å². The standard InChI is InChI=1S/C23H28N2O3/c1-18(26)28-16-15-25(21-12-6-3-7-13-21)22-14-8-11-20(17-22)24-23(27)19-9-4-2-5-10-19/h2,4-5,8-11,14,17,21H,3,6-7,12-13,15-16H2,1H3,(H,24,27). The lowest BCUT2D eigenvalue weighted by atomic mass is 9.93. The first-order chi connectivity index (χ1) is 13.6. The highest BCUT2D eigenvalue weighted by atomic mass is 16.5. The smallest absolute Gasteiger partial charge is 0.302 e. The third-order valence-corrected chi connectivity index (χ3v) is 5.12. The van der Waals surface area contributed by atoms with Gasteiger partial charge in [0.2, 0.25) is 0 Å². The van der Waals surface area contributed by atoms with Crippen LogP contribution in [0.3, 0.4) is 0 Å². The summed E-state index contributed by atoms with van der Waals surface area (Å²) in [7, 11) is 0. The first-order valence-corrected chi connectivity index (χ1v) is 10.00. The molecule has 0 unspecified atom stereocenters. The van der Waals surface area contributed by atoms with Crippen LogP contribution in [0.2, 0.25) is 0 Å². The zero-order valence-corrected chi connectivity index (χ0v) is 16.4. The van der Waals surface area contributed by atoms with E-state index in [1.807, 2.05) is 36.4 Å². The Morgan fingerprint density at radius 3 is 2.50 bits per heavy atom. The van der Waals surface area contributed by atoms with Crippen molar-refractivity contribution < 1.29 is 14.3 Å². The van der Waals surface area contributed by atoms with Gasteiger partial charge in [-0.05, 0) is 43.2 Å². The molecule has 1 amide bonds. The van der Waals surface area contributed by atoms with Gasteiger partial charge in [-0.15, -0.1) is 0 Å². The third-order valence-electron chi connectivity index (χ3n) is 5.12. The number of rotatable bonds is 7. The molecule has 0 atom stereocenters. The van der Waals surface area contributed by atoms with Crippen LogP contribution in [0, 0.1) is 0 Å². The van der Waals surface area contributed by atoms with Gasteiger partial charge < -0.3 is 15.0 Å². The molecule has 5 heteroatoms. The summed E-state index contributed by atoms with van der Waals surface area (Å²) >= 11 is 0. The second kappa shape index (κ2) is 9.93. The first-order valence-electron chi connectivity index (χ1n) is 10.00. The van der Waals surface area contributed by atoms with Crippen molar-refractivity contribution >= 4 is 23.3 Å². The van der Waals surface area contributed by atoms with Crippen LogP contribution in [0.15, 0.2) is 54.6 Å². The van der Waals surface area contributed by atoms with Crippen molar-refractivity contribution in [2.24, 2.45) is 0 Å². The maximum atomic E-state index is 12.5. The van der Waals surface area contributed by atoms with E-state index in [2.05, 4.69) is 16.3 Å². The summed E-state index contributed by atoms with van der Waals surface area (Å²) in [6, 6.07) is 17.5. The molecule has 148 valence electrons. The molecule has 0 bridgehead atoms. The molecule has 1 fully saturated rings. The molecule has 1 aliphatic rings. The molecular formula is C23H28N2O3. The van der Waals surface area contributed by atoms with E-state index < -0.39 is 0 Å². The van der Waals surface area contributed by atoms with Gasteiger partial charge in [-0.1, -0.05) is 43.5 Å². The number of hydrogen-bond acceptors (Lipinski definition) is 4. The Morgan fingerprint density at radius 2 is 1.79 bits per heavy atom. The Hall–Kier alpha value is -2.82. The third kappa shape index (κ3) is 5.59. The summed E-state index contributed by atoms with van der Waals surface area (Å²) in [4.78, 5) is 25.9. The number of ether oxygens (including phenoxy) is 1. The van der Waals surface area contributed by atoms with Gasteiger partial charge in [0, 0.05) is 29.9 Å². The second-order valence-electron chi connectivity index (χ2n) is 7.20. The second-order valence-corrected chi connectivity index (χ2v) is 7.20. The van der Waals surface area contributed by atoms with Crippen molar-refractivity contribution in [1.29, 1.82) is 0 Å². The lowest BCUT2D eigenvalue weighted by Gasteiger charge is -2.36. The molecule has 0 saturated heterocycles. The Labute approximate surface area is 166 Å². The molecule has 5 nitrogen and oxygen atoms in total. The fraction of sp³-hybridized carbons (Fsp3) is 0.391. The molecule has 0 radical (unpaired) electrons. The van der Waals surface area contributed by atoms with Crippen molar-refractivity contribution in [3.05, 3.63) is 60.2 Å².